The molecule has 1 unspecified atom stereocenters. The van der Waals surface area contributed by atoms with Crippen molar-refractivity contribution in [2.45, 2.75) is 25.3 Å². The molecule has 1 saturated carbocycles. The van der Waals surface area contributed by atoms with Crippen LogP contribution in [-0.2, 0) is 4.79 Å². The molecule has 1 aromatic rings. The number of aliphatic carboxylic acids is 1. The van der Waals surface area contributed by atoms with Gasteiger partial charge in [0.1, 0.15) is 17.5 Å². The fraction of sp³-hybridized carbons (Fsp3) is 0.588. The Labute approximate surface area is 130 Å². The zero-order valence-electron chi connectivity index (χ0n) is 13.1. The van der Waals surface area contributed by atoms with Crippen LogP contribution in [0.3, 0.4) is 0 Å². The molecule has 120 valence electrons. The maximum Gasteiger partial charge on any atom is 0.325 e. The van der Waals surface area contributed by atoms with Gasteiger partial charge in [0.25, 0.3) is 0 Å². The van der Waals surface area contributed by atoms with E-state index in [1.807, 2.05) is 0 Å². The Kier molecular flexibility index (Phi) is 4.25. The molecule has 2 fully saturated rings. The maximum absolute atomic E-state index is 11.9. The number of hydrogen-bond acceptors (Lipinski definition) is 4. The highest BCUT2D eigenvalue weighted by atomic mass is 16.5. The monoisotopic (exact) mass is 305 g/mol. The van der Waals surface area contributed by atoms with Crippen molar-refractivity contribution < 1.29 is 19.4 Å². The number of carboxylic acid groups (broad SMARTS) is 1. The first-order valence-electron chi connectivity index (χ1n) is 7.82. The summed E-state index contributed by atoms with van der Waals surface area (Å²) >= 11 is 0. The Balaban J connectivity index is 1.90. The van der Waals surface area contributed by atoms with Gasteiger partial charge in [-0.3, -0.25) is 9.69 Å². The highest BCUT2D eigenvalue weighted by molar-refractivity contribution is 5.76. The van der Waals surface area contributed by atoms with Crippen molar-refractivity contribution in [2.24, 2.45) is 11.8 Å². The Bertz CT molecular complexity index is 525. The van der Waals surface area contributed by atoms with Crippen LogP contribution in [0.25, 0.3) is 0 Å². The number of rotatable bonds is 5. The molecule has 5 nitrogen and oxygen atoms in total. The molecule has 0 radical (unpaired) electrons. The SMILES string of the molecule is COc1cc(OC)cc(C(C(=O)O)N2C[C@H]3CCC[C@H]3C2)c1. The van der Waals surface area contributed by atoms with E-state index in [0.29, 0.717) is 23.3 Å². The molecule has 0 aromatic heterocycles. The molecule has 1 aliphatic carbocycles. The molecule has 5 heteroatoms. The van der Waals surface area contributed by atoms with E-state index < -0.39 is 12.0 Å². The van der Waals surface area contributed by atoms with Gasteiger partial charge in [0.15, 0.2) is 0 Å². The zero-order chi connectivity index (χ0) is 15.7. The average Bonchev–Trinajstić information content (AvgIpc) is 3.08. The first-order chi connectivity index (χ1) is 10.6. The summed E-state index contributed by atoms with van der Waals surface area (Å²) in [5, 5.41) is 9.75. The molecule has 2 aliphatic rings. The van der Waals surface area contributed by atoms with Gasteiger partial charge in [-0.1, -0.05) is 6.42 Å². The van der Waals surface area contributed by atoms with Gasteiger partial charge in [-0.15, -0.1) is 0 Å². The molecule has 3 rings (SSSR count). The van der Waals surface area contributed by atoms with Crippen LogP contribution >= 0.6 is 0 Å². The van der Waals surface area contributed by atoms with E-state index in [0.717, 1.165) is 18.7 Å². The van der Waals surface area contributed by atoms with Crippen LogP contribution in [0.2, 0.25) is 0 Å². The van der Waals surface area contributed by atoms with Crippen molar-refractivity contribution in [1.29, 1.82) is 0 Å². The third-order valence-electron chi connectivity index (χ3n) is 5.04. The summed E-state index contributed by atoms with van der Waals surface area (Å²) in [5.41, 5.74) is 0.726. The summed E-state index contributed by atoms with van der Waals surface area (Å²) in [6, 6.07) is 4.74. The van der Waals surface area contributed by atoms with Crippen molar-refractivity contribution in [2.75, 3.05) is 27.3 Å². The number of hydrogen-bond donors (Lipinski definition) is 1. The van der Waals surface area contributed by atoms with Crippen molar-refractivity contribution in [3.05, 3.63) is 23.8 Å². The number of likely N-dealkylation sites (tertiary alicyclic amines) is 1. The van der Waals surface area contributed by atoms with Crippen LogP contribution in [0.15, 0.2) is 18.2 Å². The van der Waals surface area contributed by atoms with Crippen LogP contribution in [-0.4, -0.2) is 43.3 Å². The third-order valence-corrected chi connectivity index (χ3v) is 5.04. The normalized spacial score (nSPS) is 25.7. The van der Waals surface area contributed by atoms with Gasteiger partial charge in [-0.05, 0) is 42.4 Å². The third kappa shape index (κ3) is 2.77. The van der Waals surface area contributed by atoms with E-state index in [4.69, 9.17) is 9.47 Å². The van der Waals surface area contributed by atoms with Gasteiger partial charge in [0.2, 0.25) is 0 Å². The first-order valence-corrected chi connectivity index (χ1v) is 7.82. The number of ether oxygens (including phenoxy) is 2. The first kappa shape index (κ1) is 15.2. The van der Waals surface area contributed by atoms with Crippen molar-refractivity contribution in [3.8, 4) is 11.5 Å². The molecule has 3 atom stereocenters. The van der Waals surface area contributed by atoms with Gasteiger partial charge in [-0.2, -0.15) is 0 Å². The topological polar surface area (TPSA) is 59.0 Å². The van der Waals surface area contributed by atoms with Crippen molar-refractivity contribution >= 4 is 5.97 Å². The second-order valence-corrected chi connectivity index (χ2v) is 6.29. The van der Waals surface area contributed by atoms with Crippen LogP contribution in [0.4, 0.5) is 0 Å². The molecule has 0 spiro atoms. The van der Waals surface area contributed by atoms with Gasteiger partial charge in [0.05, 0.1) is 14.2 Å². The number of carboxylic acids is 1. The van der Waals surface area contributed by atoms with E-state index in [2.05, 4.69) is 4.90 Å². The Hall–Kier alpha value is -1.75. The van der Waals surface area contributed by atoms with E-state index in [1.165, 1.54) is 19.3 Å². The minimum Gasteiger partial charge on any atom is -0.497 e. The number of nitrogens with zero attached hydrogens (tertiary/aromatic N) is 1. The molecular formula is C17H23NO4. The van der Waals surface area contributed by atoms with Crippen molar-refractivity contribution in [1.82, 2.24) is 4.90 Å². The number of carbonyl (C=O) groups is 1. The molecule has 1 aliphatic heterocycles. The maximum atomic E-state index is 11.9. The van der Waals surface area contributed by atoms with Gasteiger partial charge in [0, 0.05) is 19.2 Å². The second kappa shape index (κ2) is 6.16. The smallest absolute Gasteiger partial charge is 0.325 e. The van der Waals surface area contributed by atoms with E-state index in [-0.39, 0.29) is 0 Å². The molecule has 0 bridgehead atoms. The number of benzene rings is 1. The molecule has 1 N–H and O–H groups in total. The molecule has 0 amide bonds. The lowest BCUT2D eigenvalue weighted by Gasteiger charge is -2.26. The number of fused-ring (bicyclic) bond motifs is 1. The molecule has 1 aromatic carbocycles. The largest absolute Gasteiger partial charge is 0.497 e. The predicted octanol–water partition coefficient (Wildman–Crippen LogP) is 2.56. The molecule has 22 heavy (non-hydrogen) atoms. The Morgan fingerprint density at radius 2 is 1.68 bits per heavy atom. The summed E-state index contributed by atoms with van der Waals surface area (Å²) in [5.74, 6) is 1.76. The minimum absolute atomic E-state index is 0.625. The van der Waals surface area contributed by atoms with Crippen molar-refractivity contribution in [3.63, 3.8) is 0 Å². The zero-order valence-corrected chi connectivity index (χ0v) is 13.1. The fourth-order valence-electron chi connectivity index (χ4n) is 3.98. The highest BCUT2D eigenvalue weighted by Crippen LogP contribution is 2.41. The van der Waals surface area contributed by atoms with Crippen LogP contribution in [0, 0.1) is 11.8 Å². The van der Waals surface area contributed by atoms with E-state index in [9.17, 15) is 9.90 Å². The summed E-state index contributed by atoms with van der Waals surface area (Å²) in [4.78, 5) is 14.0. The molecule has 1 heterocycles. The molecular weight excluding hydrogens is 282 g/mol. The Morgan fingerprint density at radius 1 is 1.14 bits per heavy atom. The predicted molar refractivity (Wildman–Crippen MR) is 82.3 cm³/mol. The highest BCUT2D eigenvalue weighted by Gasteiger charge is 2.41. The summed E-state index contributed by atoms with van der Waals surface area (Å²) in [7, 11) is 3.16. The summed E-state index contributed by atoms with van der Waals surface area (Å²) < 4.78 is 10.5. The number of methoxy groups -OCH3 is 2. The quantitative estimate of drug-likeness (QED) is 0.906. The lowest BCUT2D eigenvalue weighted by atomic mass is 10.0. The fourth-order valence-corrected chi connectivity index (χ4v) is 3.98. The van der Waals surface area contributed by atoms with E-state index in [1.54, 1.807) is 32.4 Å². The minimum atomic E-state index is -0.810. The van der Waals surface area contributed by atoms with Gasteiger partial charge < -0.3 is 14.6 Å². The van der Waals surface area contributed by atoms with Gasteiger partial charge >= 0.3 is 5.97 Å². The Morgan fingerprint density at radius 3 is 2.14 bits per heavy atom. The standard InChI is InChI=1S/C17H23NO4/c1-21-14-6-13(7-15(8-14)22-2)16(17(19)20)18-9-11-4-3-5-12(11)10-18/h6-8,11-12,16H,3-5,9-10H2,1-2H3,(H,19,20)/t11-,12+,16?. The summed E-state index contributed by atoms with van der Waals surface area (Å²) in [6.45, 7) is 1.75. The lowest BCUT2D eigenvalue weighted by molar-refractivity contribution is -0.143. The van der Waals surface area contributed by atoms with Crippen LogP contribution < -0.4 is 9.47 Å². The second-order valence-electron chi connectivity index (χ2n) is 6.29. The van der Waals surface area contributed by atoms with E-state index >= 15 is 0 Å². The van der Waals surface area contributed by atoms with Crippen LogP contribution in [0.5, 0.6) is 11.5 Å². The lowest BCUT2D eigenvalue weighted by Crippen LogP contribution is -2.33. The van der Waals surface area contributed by atoms with Gasteiger partial charge in [-0.25, -0.2) is 0 Å². The van der Waals surface area contributed by atoms with Crippen LogP contribution in [0.1, 0.15) is 30.9 Å². The average molecular weight is 305 g/mol. The summed E-state index contributed by atoms with van der Waals surface area (Å²) in [6.07, 6.45) is 3.75. The molecule has 1 saturated heterocycles.